The third-order valence-corrected chi connectivity index (χ3v) is 3.39. The van der Waals surface area contributed by atoms with Crippen LogP contribution in [-0.4, -0.2) is 10.5 Å². The zero-order valence-electron chi connectivity index (χ0n) is 12.9. The third kappa shape index (κ3) is 4.12. The first-order chi connectivity index (χ1) is 10.1. The summed E-state index contributed by atoms with van der Waals surface area (Å²) >= 11 is 0. The topological polar surface area (TPSA) is 46.1 Å². The van der Waals surface area contributed by atoms with Crippen molar-refractivity contribution in [1.82, 2.24) is 4.57 Å². The predicted molar refractivity (Wildman–Crippen MR) is 87.3 cm³/mol. The number of amides is 1. The summed E-state index contributed by atoms with van der Waals surface area (Å²) < 4.78 is 2.21. The van der Waals surface area contributed by atoms with E-state index in [2.05, 4.69) is 40.5 Å². The fraction of sp³-hybridized carbons (Fsp3) is 0.353. The number of aromatic nitrogens is 1. The summed E-state index contributed by atoms with van der Waals surface area (Å²) in [6, 6.07) is 12.0. The van der Waals surface area contributed by atoms with Crippen LogP contribution in [0.25, 0.3) is 0 Å². The van der Waals surface area contributed by atoms with Gasteiger partial charge in [-0.2, -0.15) is 0 Å². The number of carbonyl (C=O) groups is 1. The molecule has 112 valence electrons. The summed E-state index contributed by atoms with van der Waals surface area (Å²) in [5.41, 5.74) is 3.07. The van der Waals surface area contributed by atoms with Crippen molar-refractivity contribution in [2.75, 3.05) is 10.6 Å². The van der Waals surface area contributed by atoms with Gasteiger partial charge in [-0.15, -0.1) is 0 Å². The van der Waals surface area contributed by atoms with E-state index in [-0.39, 0.29) is 11.8 Å². The Morgan fingerprint density at radius 1 is 1.19 bits per heavy atom. The molecule has 0 atom stereocenters. The number of aryl methyl sites for hydroxylation is 1. The smallest absolute Gasteiger partial charge is 0.226 e. The van der Waals surface area contributed by atoms with Gasteiger partial charge in [-0.25, -0.2) is 0 Å². The highest BCUT2D eigenvalue weighted by Gasteiger charge is 2.07. The van der Waals surface area contributed by atoms with Gasteiger partial charge in [-0.1, -0.05) is 19.9 Å². The number of carbonyl (C=O) groups excluding carboxylic acids is 1. The van der Waals surface area contributed by atoms with Crippen molar-refractivity contribution in [2.45, 2.75) is 33.9 Å². The molecule has 0 radical (unpaired) electrons. The lowest BCUT2D eigenvalue weighted by Crippen LogP contribution is -2.17. The first-order valence-corrected chi connectivity index (χ1v) is 7.39. The number of hydrogen-bond acceptors (Lipinski definition) is 2. The molecule has 0 saturated heterocycles. The van der Waals surface area contributed by atoms with E-state index in [4.69, 9.17) is 0 Å². The first kappa shape index (κ1) is 15.2. The minimum atomic E-state index is -0.0190. The van der Waals surface area contributed by atoms with Crippen LogP contribution in [0.4, 0.5) is 11.4 Å². The van der Waals surface area contributed by atoms with Crippen LogP contribution in [0.2, 0.25) is 0 Å². The molecule has 2 rings (SSSR count). The van der Waals surface area contributed by atoms with Crippen LogP contribution in [0.1, 0.15) is 26.5 Å². The average Bonchev–Trinajstić information content (AvgIpc) is 2.93. The number of nitrogens with zero attached hydrogens (tertiary/aromatic N) is 1. The molecule has 1 aromatic carbocycles. The number of benzene rings is 1. The molecule has 2 aromatic rings. The Morgan fingerprint density at radius 3 is 2.67 bits per heavy atom. The second-order valence-corrected chi connectivity index (χ2v) is 5.36. The second-order valence-electron chi connectivity index (χ2n) is 5.36. The van der Waals surface area contributed by atoms with E-state index in [9.17, 15) is 4.79 Å². The van der Waals surface area contributed by atoms with E-state index in [0.29, 0.717) is 0 Å². The molecule has 1 aromatic heterocycles. The van der Waals surface area contributed by atoms with Gasteiger partial charge in [-0.05, 0) is 37.3 Å². The van der Waals surface area contributed by atoms with Gasteiger partial charge in [0, 0.05) is 35.7 Å². The Hall–Kier alpha value is -2.23. The molecule has 0 fully saturated rings. The summed E-state index contributed by atoms with van der Waals surface area (Å²) in [5, 5.41) is 6.31. The summed E-state index contributed by atoms with van der Waals surface area (Å²) in [6.07, 6.45) is 2.08. The molecular formula is C17H23N3O. The van der Waals surface area contributed by atoms with Gasteiger partial charge >= 0.3 is 0 Å². The molecule has 0 unspecified atom stereocenters. The Kier molecular flexibility index (Phi) is 5.04. The van der Waals surface area contributed by atoms with E-state index < -0.39 is 0 Å². The van der Waals surface area contributed by atoms with Gasteiger partial charge in [0.05, 0.1) is 6.54 Å². The molecule has 0 bridgehead atoms. The summed E-state index contributed by atoms with van der Waals surface area (Å²) in [7, 11) is 0. The number of rotatable bonds is 6. The van der Waals surface area contributed by atoms with Gasteiger partial charge < -0.3 is 15.2 Å². The van der Waals surface area contributed by atoms with E-state index in [1.807, 2.05) is 38.1 Å². The first-order valence-electron chi connectivity index (χ1n) is 7.39. The van der Waals surface area contributed by atoms with Crippen molar-refractivity contribution < 1.29 is 4.79 Å². The van der Waals surface area contributed by atoms with Crippen LogP contribution >= 0.6 is 0 Å². The molecular weight excluding hydrogens is 262 g/mol. The van der Waals surface area contributed by atoms with Crippen LogP contribution in [0, 0.1) is 5.92 Å². The lowest BCUT2D eigenvalue weighted by molar-refractivity contribution is -0.118. The molecule has 0 aliphatic rings. The normalized spacial score (nSPS) is 10.7. The van der Waals surface area contributed by atoms with Crippen LogP contribution in [0.3, 0.4) is 0 Å². The SMILES string of the molecule is CCn1cccc1CNc1cccc(NC(=O)C(C)C)c1. The zero-order valence-corrected chi connectivity index (χ0v) is 12.9. The number of hydrogen-bond donors (Lipinski definition) is 2. The lowest BCUT2D eigenvalue weighted by atomic mass is 10.2. The fourth-order valence-corrected chi connectivity index (χ4v) is 2.10. The van der Waals surface area contributed by atoms with Crippen molar-refractivity contribution in [2.24, 2.45) is 5.92 Å². The van der Waals surface area contributed by atoms with Crippen LogP contribution in [0.15, 0.2) is 42.6 Å². The minimum absolute atomic E-state index is 0.0190. The highest BCUT2D eigenvalue weighted by Crippen LogP contribution is 2.17. The highest BCUT2D eigenvalue weighted by molar-refractivity contribution is 5.92. The van der Waals surface area contributed by atoms with Gasteiger partial charge in [0.25, 0.3) is 0 Å². The van der Waals surface area contributed by atoms with Crippen LogP contribution < -0.4 is 10.6 Å². The average molecular weight is 285 g/mol. The molecule has 1 heterocycles. The maximum atomic E-state index is 11.7. The van der Waals surface area contributed by atoms with E-state index >= 15 is 0 Å². The molecule has 4 heteroatoms. The van der Waals surface area contributed by atoms with Gasteiger partial charge in [-0.3, -0.25) is 4.79 Å². The van der Waals surface area contributed by atoms with Crippen molar-refractivity contribution >= 4 is 17.3 Å². The highest BCUT2D eigenvalue weighted by atomic mass is 16.1. The number of anilines is 2. The van der Waals surface area contributed by atoms with Crippen LogP contribution in [0.5, 0.6) is 0 Å². The second kappa shape index (κ2) is 6.97. The molecule has 4 nitrogen and oxygen atoms in total. The van der Waals surface area contributed by atoms with Gasteiger partial charge in [0.15, 0.2) is 0 Å². The summed E-state index contributed by atoms with van der Waals surface area (Å²) in [5.74, 6) is 0.0152. The maximum Gasteiger partial charge on any atom is 0.226 e. The van der Waals surface area contributed by atoms with Crippen molar-refractivity contribution in [1.29, 1.82) is 0 Å². The summed E-state index contributed by atoms with van der Waals surface area (Å²) in [4.78, 5) is 11.7. The number of nitrogens with one attached hydrogen (secondary N) is 2. The van der Waals surface area contributed by atoms with Crippen molar-refractivity contribution in [3.8, 4) is 0 Å². The molecule has 0 saturated carbocycles. The van der Waals surface area contributed by atoms with Crippen molar-refractivity contribution in [3.63, 3.8) is 0 Å². The Bertz CT molecular complexity index is 602. The molecule has 0 spiro atoms. The molecule has 1 amide bonds. The minimum Gasteiger partial charge on any atom is -0.379 e. The van der Waals surface area contributed by atoms with E-state index in [0.717, 1.165) is 24.5 Å². The largest absolute Gasteiger partial charge is 0.379 e. The Labute approximate surface area is 126 Å². The zero-order chi connectivity index (χ0) is 15.2. The van der Waals surface area contributed by atoms with Crippen LogP contribution in [-0.2, 0) is 17.9 Å². The molecule has 0 aliphatic carbocycles. The standard InChI is InChI=1S/C17H23N3O/c1-4-20-10-6-9-16(20)12-18-14-7-5-8-15(11-14)19-17(21)13(2)3/h5-11,13,18H,4,12H2,1-3H3,(H,19,21). The van der Waals surface area contributed by atoms with Gasteiger partial charge in [0.1, 0.15) is 0 Å². The summed E-state index contributed by atoms with van der Waals surface area (Å²) in [6.45, 7) is 7.63. The van der Waals surface area contributed by atoms with E-state index in [1.165, 1.54) is 5.69 Å². The maximum absolute atomic E-state index is 11.7. The fourth-order valence-electron chi connectivity index (χ4n) is 2.10. The molecule has 0 aliphatic heterocycles. The third-order valence-electron chi connectivity index (χ3n) is 3.39. The van der Waals surface area contributed by atoms with Gasteiger partial charge in [0.2, 0.25) is 5.91 Å². The lowest BCUT2D eigenvalue weighted by Gasteiger charge is -2.12. The Balaban J connectivity index is 1.99. The molecule has 2 N–H and O–H groups in total. The monoisotopic (exact) mass is 285 g/mol. The van der Waals surface area contributed by atoms with E-state index in [1.54, 1.807) is 0 Å². The van der Waals surface area contributed by atoms with Crippen molar-refractivity contribution in [3.05, 3.63) is 48.3 Å². The predicted octanol–water partition coefficient (Wildman–Crippen LogP) is 3.71. The molecule has 21 heavy (non-hydrogen) atoms. The Morgan fingerprint density at radius 2 is 1.95 bits per heavy atom. The quantitative estimate of drug-likeness (QED) is 0.849.